The van der Waals surface area contributed by atoms with Crippen LogP contribution < -0.4 is 5.32 Å². The van der Waals surface area contributed by atoms with Crippen molar-refractivity contribution in [1.29, 1.82) is 0 Å². The Bertz CT molecular complexity index is 220. The van der Waals surface area contributed by atoms with Crippen molar-refractivity contribution in [3.05, 3.63) is 0 Å². The van der Waals surface area contributed by atoms with Gasteiger partial charge in [-0.1, -0.05) is 33.1 Å². The Morgan fingerprint density at radius 3 is 2.71 bits per heavy atom. The van der Waals surface area contributed by atoms with Gasteiger partial charge >= 0.3 is 0 Å². The zero-order valence-corrected chi connectivity index (χ0v) is 12.4. The van der Waals surface area contributed by atoms with Crippen LogP contribution >= 0.6 is 0 Å². The van der Waals surface area contributed by atoms with Crippen LogP contribution in [-0.4, -0.2) is 28.3 Å². The molecule has 0 saturated heterocycles. The normalized spacial score (nSPS) is 26.2. The molecule has 0 aromatic rings. The van der Waals surface area contributed by atoms with Crippen LogP contribution in [0.5, 0.6) is 0 Å². The molecule has 1 saturated carbocycles. The molecule has 2 nitrogen and oxygen atoms in total. The second-order valence-electron chi connectivity index (χ2n) is 5.20. The third-order valence-electron chi connectivity index (χ3n) is 3.82. The van der Waals surface area contributed by atoms with Crippen LogP contribution in [0.3, 0.4) is 0 Å². The lowest BCUT2D eigenvalue weighted by molar-refractivity contribution is 0.399. The van der Waals surface area contributed by atoms with E-state index in [-0.39, 0.29) is 0 Å². The second-order valence-corrected chi connectivity index (χ2v) is 6.90. The summed E-state index contributed by atoms with van der Waals surface area (Å²) in [6, 6.07) is 0.702. The van der Waals surface area contributed by atoms with Gasteiger partial charge in [0.2, 0.25) is 0 Å². The molecule has 0 aromatic carbocycles. The van der Waals surface area contributed by atoms with Gasteiger partial charge < -0.3 is 5.32 Å². The van der Waals surface area contributed by atoms with E-state index >= 15 is 0 Å². The minimum Gasteiger partial charge on any atom is -0.314 e. The van der Waals surface area contributed by atoms with Gasteiger partial charge in [-0.05, 0) is 38.1 Å². The zero-order chi connectivity index (χ0) is 12.5. The van der Waals surface area contributed by atoms with Crippen LogP contribution in [0.4, 0.5) is 0 Å². The van der Waals surface area contributed by atoms with E-state index in [4.69, 9.17) is 0 Å². The number of rotatable bonds is 9. The molecule has 0 heterocycles. The first-order valence-electron chi connectivity index (χ1n) is 7.36. The minimum absolute atomic E-state index is 0.564. The standard InChI is InChI=1S/C14H29NOS/c1-3-5-6-11-17(16)12-10-13-8-7-9-14(13)15-4-2/h13-15H,3-12H2,1-2H3. The van der Waals surface area contributed by atoms with Crippen molar-refractivity contribution in [2.45, 2.75) is 64.8 Å². The fourth-order valence-corrected chi connectivity index (χ4v) is 4.11. The molecule has 1 rings (SSSR count). The fraction of sp³-hybridized carbons (Fsp3) is 1.00. The molecule has 0 spiro atoms. The molecule has 0 amide bonds. The van der Waals surface area contributed by atoms with Crippen LogP contribution in [0.2, 0.25) is 0 Å². The molecule has 17 heavy (non-hydrogen) atoms. The predicted molar refractivity (Wildman–Crippen MR) is 76.8 cm³/mol. The number of hydrogen-bond donors (Lipinski definition) is 1. The van der Waals surface area contributed by atoms with E-state index in [1.807, 2.05) is 0 Å². The second kappa shape index (κ2) is 9.09. The first kappa shape index (κ1) is 15.2. The highest BCUT2D eigenvalue weighted by Crippen LogP contribution is 2.28. The topological polar surface area (TPSA) is 29.1 Å². The highest BCUT2D eigenvalue weighted by Gasteiger charge is 2.26. The average molecular weight is 259 g/mol. The molecule has 3 heteroatoms. The van der Waals surface area contributed by atoms with Crippen LogP contribution in [0.1, 0.15) is 58.8 Å². The Morgan fingerprint density at radius 1 is 1.18 bits per heavy atom. The zero-order valence-electron chi connectivity index (χ0n) is 11.5. The molecule has 0 radical (unpaired) electrons. The summed E-state index contributed by atoms with van der Waals surface area (Å²) in [6.07, 6.45) is 8.77. The highest BCUT2D eigenvalue weighted by atomic mass is 32.2. The third-order valence-corrected chi connectivity index (χ3v) is 5.25. The first-order chi connectivity index (χ1) is 8.27. The Hall–Kier alpha value is 0.110. The van der Waals surface area contributed by atoms with Crippen molar-refractivity contribution >= 4 is 10.8 Å². The van der Waals surface area contributed by atoms with E-state index in [2.05, 4.69) is 19.2 Å². The van der Waals surface area contributed by atoms with Crippen LogP contribution in [0.25, 0.3) is 0 Å². The lowest BCUT2D eigenvalue weighted by Gasteiger charge is -2.19. The van der Waals surface area contributed by atoms with Crippen molar-refractivity contribution in [3.63, 3.8) is 0 Å². The number of hydrogen-bond acceptors (Lipinski definition) is 2. The maximum Gasteiger partial charge on any atom is 0.0238 e. The maximum absolute atomic E-state index is 11.8. The van der Waals surface area contributed by atoms with Gasteiger partial charge in [0.25, 0.3) is 0 Å². The lowest BCUT2D eigenvalue weighted by atomic mass is 10.0. The highest BCUT2D eigenvalue weighted by molar-refractivity contribution is 7.84. The van der Waals surface area contributed by atoms with Gasteiger partial charge in [0.05, 0.1) is 0 Å². The molecular weight excluding hydrogens is 230 g/mol. The van der Waals surface area contributed by atoms with Gasteiger partial charge in [-0.3, -0.25) is 4.21 Å². The van der Waals surface area contributed by atoms with Crippen molar-refractivity contribution in [2.24, 2.45) is 5.92 Å². The summed E-state index contributed by atoms with van der Waals surface area (Å²) in [5.74, 6) is 2.63. The molecule has 102 valence electrons. The number of unbranched alkanes of at least 4 members (excludes halogenated alkanes) is 2. The molecule has 0 bridgehead atoms. The Balaban J connectivity index is 2.14. The summed E-state index contributed by atoms with van der Waals surface area (Å²) >= 11 is 0. The largest absolute Gasteiger partial charge is 0.314 e. The van der Waals surface area contributed by atoms with Crippen LogP contribution in [0.15, 0.2) is 0 Å². The van der Waals surface area contributed by atoms with Gasteiger partial charge in [-0.15, -0.1) is 0 Å². The summed E-state index contributed by atoms with van der Waals surface area (Å²) in [5.41, 5.74) is 0. The molecule has 0 aliphatic heterocycles. The molecule has 3 atom stereocenters. The Labute approximate surface area is 109 Å². The van der Waals surface area contributed by atoms with E-state index in [0.717, 1.165) is 36.8 Å². The SMILES string of the molecule is CCCCCS(=O)CCC1CCCC1NCC. The van der Waals surface area contributed by atoms with Crippen LogP contribution in [0, 0.1) is 5.92 Å². The average Bonchev–Trinajstić information content (AvgIpc) is 2.75. The molecular formula is C14H29NOS. The molecule has 3 unspecified atom stereocenters. The smallest absolute Gasteiger partial charge is 0.0238 e. The van der Waals surface area contributed by atoms with Crippen molar-refractivity contribution in [1.82, 2.24) is 5.32 Å². The van der Waals surface area contributed by atoms with E-state index in [0.29, 0.717) is 6.04 Å². The van der Waals surface area contributed by atoms with E-state index in [1.165, 1.54) is 32.1 Å². The Morgan fingerprint density at radius 2 is 2.00 bits per heavy atom. The molecule has 1 aliphatic rings. The summed E-state index contributed by atoms with van der Waals surface area (Å²) in [7, 11) is -0.564. The van der Waals surface area contributed by atoms with Gasteiger partial charge in [0.15, 0.2) is 0 Å². The lowest BCUT2D eigenvalue weighted by Crippen LogP contribution is -2.32. The fourth-order valence-electron chi connectivity index (χ4n) is 2.81. The van der Waals surface area contributed by atoms with Gasteiger partial charge in [0.1, 0.15) is 0 Å². The van der Waals surface area contributed by atoms with Crippen molar-refractivity contribution in [2.75, 3.05) is 18.1 Å². The molecule has 1 fully saturated rings. The van der Waals surface area contributed by atoms with Gasteiger partial charge in [0, 0.05) is 28.3 Å². The minimum atomic E-state index is -0.564. The van der Waals surface area contributed by atoms with Gasteiger partial charge in [-0.25, -0.2) is 0 Å². The van der Waals surface area contributed by atoms with E-state index in [1.54, 1.807) is 0 Å². The summed E-state index contributed by atoms with van der Waals surface area (Å²) in [6.45, 7) is 5.45. The van der Waals surface area contributed by atoms with Crippen molar-refractivity contribution < 1.29 is 4.21 Å². The Kier molecular flexibility index (Phi) is 8.12. The van der Waals surface area contributed by atoms with E-state index < -0.39 is 10.8 Å². The summed E-state index contributed by atoms with van der Waals surface area (Å²) in [5, 5.41) is 3.57. The summed E-state index contributed by atoms with van der Waals surface area (Å²) in [4.78, 5) is 0. The summed E-state index contributed by atoms with van der Waals surface area (Å²) < 4.78 is 11.8. The van der Waals surface area contributed by atoms with E-state index in [9.17, 15) is 4.21 Å². The van der Waals surface area contributed by atoms with Crippen LogP contribution in [-0.2, 0) is 10.8 Å². The first-order valence-corrected chi connectivity index (χ1v) is 8.85. The van der Waals surface area contributed by atoms with Crippen molar-refractivity contribution in [3.8, 4) is 0 Å². The molecule has 1 N–H and O–H groups in total. The predicted octanol–water partition coefficient (Wildman–Crippen LogP) is 3.09. The number of nitrogens with one attached hydrogen (secondary N) is 1. The van der Waals surface area contributed by atoms with Gasteiger partial charge in [-0.2, -0.15) is 0 Å². The third kappa shape index (κ3) is 6.01. The maximum atomic E-state index is 11.8. The quantitative estimate of drug-likeness (QED) is 0.645. The molecule has 0 aromatic heterocycles. The molecule has 1 aliphatic carbocycles. The monoisotopic (exact) mass is 259 g/mol.